The van der Waals surface area contributed by atoms with Gasteiger partial charge in [0.05, 0.1) is 5.60 Å². The summed E-state index contributed by atoms with van der Waals surface area (Å²) in [7, 11) is 0. The zero-order valence-electron chi connectivity index (χ0n) is 8.14. The Labute approximate surface area is 74.6 Å². The minimum absolute atomic E-state index is 0.342. The molecule has 0 aromatic heterocycles. The van der Waals surface area contributed by atoms with Gasteiger partial charge in [0.2, 0.25) is 0 Å². The lowest BCUT2D eigenvalue weighted by atomic mass is 9.90. The first-order valence-electron chi connectivity index (χ1n) is 5.00. The van der Waals surface area contributed by atoms with Gasteiger partial charge in [-0.05, 0) is 24.7 Å². The Hall–Kier alpha value is -0.0800. The van der Waals surface area contributed by atoms with E-state index in [1.54, 1.807) is 0 Å². The zero-order valence-corrected chi connectivity index (χ0v) is 8.14. The van der Waals surface area contributed by atoms with Crippen LogP contribution in [0.5, 0.6) is 0 Å². The van der Waals surface area contributed by atoms with E-state index in [1.165, 1.54) is 19.4 Å². The summed E-state index contributed by atoms with van der Waals surface area (Å²) in [6.45, 7) is 7.42. The molecule has 70 valence electrons. The van der Waals surface area contributed by atoms with Crippen LogP contribution >= 0.6 is 0 Å². The highest BCUT2D eigenvalue weighted by molar-refractivity contribution is 4.99. The Bertz CT molecular complexity index is 180. The normalized spacial score (nSPS) is 31.2. The minimum Gasteiger partial charge on any atom is -0.387 e. The van der Waals surface area contributed by atoms with Crippen LogP contribution in [0.1, 0.15) is 33.1 Å². The summed E-state index contributed by atoms with van der Waals surface area (Å²) in [5, 5.41) is 9.76. The van der Waals surface area contributed by atoms with Gasteiger partial charge in [0.25, 0.3) is 0 Å². The fourth-order valence-electron chi connectivity index (χ4n) is 2.03. The fraction of sp³-hybridized carbons (Fsp3) is 1.00. The molecule has 2 rings (SSSR count). The number of nitrogens with zero attached hydrogens (tertiary/aromatic N) is 1. The lowest BCUT2D eigenvalue weighted by Crippen LogP contribution is -2.62. The maximum absolute atomic E-state index is 9.76. The molecule has 0 aromatic rings. The van der Waals surface area contributed by atoms with Gasteiger partial charge in [-0.3, -0.25) is 4.90 Å². The zero-order chi connectivity index (χ0) is 8.82. The summed E-state index contributed by atoms with van der Waals surface area (Å²) in [5.74, 6) is 0. The molecule has 0 aromatic carbocycles. The van der Waals surface area contributed by atoms with Crippen molar-refractivity contribution in [2.75, 3.05) is 19.6 Å². The molecule has 0 radical (unpaired) electrons. The monoisotopic (exact) mass is 169 g/mol. The quantitative estimate of drug-likeness (QED) is 0.687. The first-order valence-corrected chi connectivity index (χ1v) is 5.00. The predicted molar refractivity (Wildman–Crippen MR) is 49.0 cm³/mol. The highest BCUT2D eigenvalue weighted by Crippen LogP contribution is 2.46. The smallest absolute Gasteiger partial charge is 0.0897 e. The van der Waals surface area contributed by atoms with Crippen molar-refractivity contribution in [3.63, 3.8) is 0 Å². The second-order valence-corrected chi connectivity index (χ2v) is 5.03. The molecule has 1 saturated heterocycles. The Balaban J connectivity index is 1.74. The van der Waals surface area contributed by atoms with Crippen LogP contribution in [0.4, 0.5) is 0 Å². The molecule has 1 N–H and O–H groups in total. The molecule has 0 bridgehead atoms. The van der Waals surface area contributed by atoms with Crippen LogP contribution in [0, 0.1) is 5.41 Å². The van der Waals surface area contributed by atoms with E-state index >= 15 is 0 Å². The number of rotatable bonds is 3. The number of aliphatic hydroxyl groups is 1. The average Bonchev–Trinajstić information content (AvgIpc) is 2.65. The Morgan fingerprint density at radius 3 is 2.33 bits per heavy atom. The number of likely N-dealkylation sites (tertiary alicyclic amines) is 1. The summed E-state index contributed by atoms with van der Waals surface area (Å²) < 4.78 is 0. The molecular formula is C10H19NO. The van der Waals surface area contributed by atoms with Crippen molar-refractivity contribution in [2.24, 2.45) is 5.41 Å². The number of hydrogen-bond acceptors (Lipinski definition) is 2. The third-order valence-electron chi connectivity index (χ3n) is 3.40. The molecule has 2 fully saturated rings. The molecule has 1 heterocycles. The van der Waals surface area contributed by atoms with Gasteiger partial charge in [-0.1, -0.05) is 13.8 Å². The molecule has 2 nitrogen and oxygen atoms in total. The molecule has 0 amide bonds. The van der Waals surface area contributed by atoms with Gasteiger partial charge in [0.15, 0.2) is 0 Å². The SMILES string of the molecule is CCC1(O)CN(CC2(C)CC2)C1. The van der Waals surface area contributed by atoms with Gasteiger partial charge in [-0.15, -0.1) is 0 Å². The summed E-state index contributed by atoms with van der Waals surface area (Å²) in [4.78, 5) is 2.39. The number of β-amino-alcohol motifs (C(OH)–C–C–N with tert-alkyl or cyclic N) is 1. The van der Waals surface area contributed by atoms with E-state index in [4.69, 9.17) is 0 Å². The van der Waals surface area contributed by atoms with Gasteiger partial charge in [-0.2, -0.15) is 0 Å². The molecule has 0 unspecified atom stereocenters. The van der Waals surface area contributed by atoms with Crippen LogP contribution in [-0.4, -0.2) is 35.2 Å². The van der Waals surface area contributed by atoms with Crippen molar-refractivity contribution >= 4 is 0 Å². The van der Waals surface area contributed by atoms with Crippen molar-refractivity contribution in [3.05, 3.63) is 0 Å². The molecule has 2 aliphatic rings. The average molecular weight is 169 g/mol. The lowest BCUT2D eigenvalue weighted by Gasteiger charge is -2.47. The van der Waals surface area contributed by atoms with E-state index in [2.05, 4.69) is 18.7 Å². The van der Waals surface area contributed by atoms with E-state index in [1.807, 2.05) is 0 Å². The Kier molecular flexibility index (Phi) is 1.74. The highest BCUT2D eigenvalue weighted by atomic mass is 16.3. The van der Waals surface area contributed by atoms with Gasteiger partial charge < -0.3 is 5.11 Å². The molecule has 2 heteroatoms. The third-order valence-corrected chi connectivity index (χ3v) is 3.40. The van der Waals surface area contributed by atoms with Crippen molar-refractivity contribution in [1.29, 1.82) is 0 Å². The highest BCUT2D eigenvalue weighted by Gasteiger charge is 2.45. The maximum Gasteiger partial charge on any atom is 0.0897 e. The van der Waals surface area contributed by atoms with Gasteiger partial charge in [0, 0.05) is 19.6 Å². The van der Waals surface area contributed by atoms with Crippen LogP contribution in [0.3, 0.4) is 0 Å². The van der Waals surface area contributed by atoms with Gasteiger partial charge in [0.1, 0.15) is 0 Å². The summed E-state index contributed by atoms with van der Waals surface area (Å²) in [5.41, 5.74) is 0.264. The first kappa shape index (κ1) is 8.52. The summed E-state index contributed by atoms with van der Waals surface area (Å²) in [6.07, 6.45) is 3.67. The van der Waals surface area contributed by atoms with Crippen LogP contribution in [0.25, 0.3) is 0 Å². The van der Waals surface area contributed by atoms with Gasteiger partial charge >= 0.3 is 0 Å². The van der Waals surface area contributed by atoms with E-state index in [-0.39, 0.29) is 5.60 Å². The summed E-state index contributed by atoms with van der Waals surface area (Å²) in [6, 6.07) is 0. The molecule has 1 saturated carbocycles. The van der Waals surface area contributed by atoms with E-state index in [0.717, 1.165) is 19.5 Å². The van der Waals surface area contributed by atoms with E-state index < -0.39 is 0 Å². The largest absolute Gasteiger partial charge is 0.387 e. The molecule has 1 aliphatic heterocycles. The Morgan fingerprint density at radius 1 is 1.33 bits per heavy atom. The molecular weight excluding hydrogens is 150 g/mol. The second-order valence-electron chi connectivity index (χ2n) is 5.03. The fourth-order valence-corrected chi connectivity index (χ4v) is 2.03. The van der Waals surface area contributed by atoms with Crippen LogP contribution in [0.2, 0.25) is 0 Å². The predicted octanol–water partition coefficient (Wildman–Crippen LogP) is 1.24. The second kappa shape index (κ2) is 2.46. The summed E-state index contributed by atoms with van der Waals surface area (Å²) >= 11 is 0. The Morgan fingerprint density at radius 2 is 1.92 bits per heavy atom. The molecule has 0 atom stereocenters. The van der Waals surface area contributed by atoms with Crippen molar-refractivity contribution < 1.29 is 5.11 Å². The third kappa shape index (κ3) is 1.50. The van der Waals surface area contributed by atoms with Crippen molar-refractivity contribution in [2.45, 2.75) is 38.7 Å². The lowest BCUT2D eigenvalue weighted by molar-refractivity contribution is -0.105. The van der Waals surface area contributed by atoms with E-state index in [0.29, 0.717) is 5.41 Å². The van der Waals surface area contributed by atoms with Crippen LogP contribution < -0.4 is 0 Å². The number of hydrogen-bond donors (Lipinski definition) is 1. The standard InChI is InChI=1S/C10H19NO/c1-3-10(12)7-11(8-10)6-9(2)4-5-9/h12H,3-8H2,1-2H3. The minimum atomic E-state index is -0.342. The molecule has 1 aliphatic carbocycles. The van der Waals surface area contributed by atoms with Gasteiger partial charge in [-0.25, -0.2) is 0 Å². The van der Waals surface area contributed by atoms with Crippen molar-refractivity contribution in [1.82, 2.24) is 4.90 Å². The first-order chi connectivity index (χ1) is 5.55. The topological polar surface area (TPSA) is 23.5 Å². The van der Waals surface area contributed by atoms with Crippen molar-refractivity contribution in [3.8, 4) is 0 Å². The molecule has 0 spiro atoms. The van der Waals surface area contributed by atoms with E-state index in [9.17, 15) is 5.11 Å². The van der Waals surface area contributed by atoms with Crippen LogP contribution in [0.15, 0.2) is 0 Å². The molecule has 12 heavy (non-hydrogen) atoms. The van der Waals surface area contributed by atoms with Crippen LogP contribution in [-0.2, 0) is 0 Å². The maximum atomic E-state index is 9.76.